The minimum atomic E-state index is 0.0572. The van der Waals surface area contributed by atoms with Gasteiger partial charge in [0.1, 0.15) is 0 Å². The third-order valence-electron chi connectivity index (χ3n) is 6.60. The van der Waals surface area contributed by atoms with Crippen LogP contribution >= 0.6 is 0 Å². The van der Waals surface area contributed by atoms with Gasteiger partial charge in [-0.05, 0) is 89.4 Å². The maximum Gasteiger partial charge on any atom is 0.0627 e. The van der Waals surface area contributed by atoms with Gasteiger partial charge in [-0.1, -0.05) is 13.8 Å². The first-order valence-electron chi connectivity index (χ1n) is 9.65. The monoisotopic (exact) mass is 310 g/mol. The molecule has 0 aromatic carbocycles. The second-order valence-corrected chi connectivity index (χ2v) is 8.40. The molecule has 130 valence electrons. The summed E-state index contributed by atoms with van der Waals surface area (Å²) in [6, 6.07) is 0. The van der Waals surface area contributed by atoms with Gasteiger partial charge >= 0.3 is 0 Å². The normalized spacial score (nSPS) is 35.3. The molecule has 0 aromatic rings. The predicted molar refractivity (Wildman–Crippen MR) is 93.1 cm³/mol. The third-order valence-corrected chi connectivity index (χ3v) is 6.60. The van der Waals surface area contributed by atoms with Crippen LogP contribution in [0.2, 0.25) is 0 Å². The molecule has 2 heteroatoms. The Morgan fingerprint density at radius 2 is 1.32 bits per heavy atom. The summed E-state index contributed by atoms with van der Waals surface area (Å²) in [5.41, 5.74) is 0.0572. The molecule has 22 heavy (non-hydrogen) atoms. The summed E-state index contributed by atoms with van der Waals surface area (Å²) in [6.45, 7) is 9.20. The molecule has 0 N–H and O–H groups in total. The molecule has 1 unspecified atom stereocenters. The Morgan fingerprint density at radius 3 is 1.73 bits per heavy atom. The van der Waals surface area contributed by atoms with Crippen LogP contribution in [0.15, 0.2) is 0 Å². The summed E-state index contributed by atoms with van der Waals surface area (Å²) in [7, 11) is 1.87. The second kappa shape index (κ2) is 8.15. The zero-order chi connectivity index (χ0) is 16.2. The highest BCUT2D eigenvalue weighted by molar-refractivity contribution is 4.84. The van der Waals surface area contributed by atoms with Gasteiger partial charge in [0.2, 0.25) is 0 Å². The lowest BCUT2D eigenvalue weighted by atomic mass is 9.70. The molecule has 0 amide bonds. The van der Waals surface area contributed by atoms with Gasteiger partial charge in [0.25, 0.3) is 0 Å². The molecule has 0 radical (unpaired) electrons. The van der Waals surface area contributed by atoms with Crippen LogP contribution in [0.25, 0.3) is 0 Å². The van der Waals surface area contributed by atoms with Crippen LogP contribution < -0.4 is 0 Å². The van der Waals surface area contributed by atoms with Gasteiger partial charge < -0.3 is 9.47 Å². The smallest absolute Gasteiger partial charge is 0.0627 e. The van der Waals surface area contributed by atoms with E-state index in [2.05, 4.69) is 27.7 Å². The molecule has 0 saturated heterocycles. The topological polar surface area (TPSA) is 18.5 Å². The minimum absolute atomic E-state index is 0.0572. The highest BCUT2D eigenvalue weighted by atomic mass is 16.5. The molecular formula is C20H38O2. The van der Waals surface area contributed by atoms with E-state index in [9.17, 15) is 0 Å². The average molecular weight is 311 g/mol. The summed E-state index contributed by atoms with van der Waals surface area (Å²) in [5.74, 6) is 2.74. The van der Waals surface area contributed by atoms with E-state index in [1.165, 1.54) is 51.4 Å². The highest BCUT2D eigenvalue weighted by Gasteiger charge is 2.33. The van der Waals surface area contributed by atoms with Crippen molar-refractivity contribution in [1.29, 1.82) is 0 Å². The quantitative estimate of drug-likeness (QED) is 0.636. The molecule has 2 nitrogen and oxygen atoms in total. The van der Waals surface area contributed by atoms with E-state index in [1.807, 2.05) is 7.11 Å². The second-order valence-electron chi connectivity index (χ2n) is 8.40. The molecule has 1 atom stereocenters. The van der Waals surface area contributed by atoms with Gasteiger partial charge in [0.05, 0.1) is 17.8 Å². The average Bonchev–Trinajstić information content (AvgIpc) is 2.55. The van der Waals surface area contributed by atoms with Crippen LogP contribution in [0.5, 0.6) is 0 Å². The molecule has 2 saturated carbocycles. The Bertz CT molecular complexity index is 310. The molecule has 0 aliphatic heterocycles. The number of methoxy groups -OCH3 is 1. The zero-order valence-corrected chi connectivity index (χ0v) is 15.6. The summed E-state index contributed by atoms with van der Waals surface area (Å²) in [4.78, 5) is 0. The van der Waals surface area contributed by atoms with Crippen molar-refractivity contribution >= 4 is 0 Å². The summed E-state index contributed by atoms with van der Waals surface area (Å²) < 4.78 is 11.8. The number of rotatable bonds is 6. The van der Waals surface area contributed by atoms with Crippen molar-refractivity contribution in [2.45, 2.75) is 103 Å². The molecule has 0 aromatic heterocycles. The Labute approximate surface area is 138 Å². The first-order valence-corrected chi connectivity index (χ1v) is 9.65. The van der Waals surface area contributed by atoms with Crippen molar-refractivity contribution < 1.29 is 9.47 Å². The van der Waals surface area contributed by atoms with Crippen molar-refractivity contribution in [3.05, 3.63) is 0 Å². The van der Waals surface area contributed by atoms with E-state index in [0.717, 1.165) is 24.2 Å². The molecular weight excluding hydrogens is 272 g/mol. The Balaban J connectivity index is 1.74. The molecule has 2 aliphatic rings. The molecule has 2 aliphatic carbocycles. The van der Waals surface area contributed by atoms with Crippen LogP contribution in [-0.4, -0.2) is 24.9 Å². The van der Waals surface area contributed by atoms with Crippen LogP contribution in [0.3, 0.4) is 0 Å². The minimum Gasteiger partial charge on any atom is -0.381 e. The van der Waals surface area contributed by atoms with E-state index in [1.54, 1.807) is 0 Å². The fourth-order valence-corrected chi connectivity index (χ4v) is 4.50. The molecule has 0 heterocycles. The molecule has 0 bridgehead atoms. The van der Waals surface area contributed by atoms with E-state index in [4.69, 9.17) is 9.47 Å². The van der Waals surface area contributed by atoms with Gasteiger partial charge in [-0.2, -0.15) is 0 Å². The molecule has 0 spiro atoms. The van der Waals surface area contributed by atoms with Crippen LogP contribution in [-0.2, 0) is 9.47 Å². The van der Waals surface area contributed by atoms with E-state index in [0.29, 0.717) is 12.2 Å². The van der Waals surface area contributed by atoms with Gasteiger partial charge in [-0.3, -0.25) is 0 Å². The van der Waals surface area contributed by atoms with Crippen LogP contribution in [0.1, 0.15) is 85.5 Å². The maximum atomic E-state index is 6.31. The molecule has 2 rings (SSSR count). The number of hydrogen-bond donors (Lipinski definition) is 0. The molecule has 2 fully saturated rings. The van der Waals surface area contributed by atoms with Crippen molar-refractivity contribution in [2.75, 3.05) is 7.11 Å². The van der Waals surface area contributed by atoms with Crippen molar-refractivity contribution in [3.63, 3.8) is 0 Å². The maximum absolute atomic E-state index is 6.31. The van der Waals surface area contributed by atoms with Crippen molar-refractivity contribution in [1.82, 2.24) is 0 Å². The van der Waals surface area contributed by atoms with Gasteiger partial charge in [0.15, 0.2) is 0 Å². The lowest BCUT2D eigenvalue weighted by molar-refractivity contribution is -0.0941. The largest absolute Gasteiger partial charge is 0.381 e. The summed E-state index contributed by atoms with van der Waals surface area (Å²) in [5, 5.41) is 0. The Morgan fingerprint density at radius 1 is 0.864 bits per heavy atom. The lowest BCUT2D eigenvalue weighted by Gasteiger charge is -2.40. The Kier molecular flexibility index (Phi) is 6.76. The Hall–Kier alpha value is -0.0800. The van der Waals surface area contributed by atoms with Gasteiger partial charge in [0, 0.05) is 7.11 Å². The summed E-state index contributed by atoms with van der Waals surface area (Å²) in [6.07, 6.45) is 12.7. The first-order chi connectivity index (χ1) is 10.4. The fourth-order valence-electron chi connectivity index (χ4n) is 4.50. The predicted octanol–water partition coefficient (Wildman–Crippen LogP) is 5.59. The van der Waals surface area contributed by atoms with Gasteiger partial charge in [-0.25, -0.2) is 0 Å². The first kappa shape index (κ1) is 18.3. The zero-order valence-electron chi connectivity index (χ0n) is 15.6. The van der Waals surface area contributed by atoms with E-state index in [-0.39, 0.29) is 5.60 Å². The lowest BCUT2D eigenvalue weighted by Crippen LogP contribution is -2.35. The third kappa shape index (κ3) is 4.96. The fraction of sp³-hybridized carbons (Fsp3) is 1.00. The van der Waals surface area contributed by atoms with E-state index < -0.39 is 0 Å². The van der Waals surface area contributed by atoms with Gasteiger partial charge in [-0.15, -0.1) is 0 Å². The standard InChI is InChI=1S/C20H38O2/c1-6-20(3,4)22-19-13-9-17(10-14-19)15(2)16-7-11-18(21-5)12-8-16/h15-19H,6-14H2,1-5H3. The highest BCUT2D eigenvalue weighted by Crippen LogP contribution is 2.41. The van der Waals surface area contributed by atoms with E-state index >= 15 is 0 Å². The SMILES string of the molecule is CCC(C)(C)OC1CCC(C(C)C2CCC(OC)CC2)CC1. The number of ether oxygens (including phenoxy) is 2. The van der Waals surface area contributed by atoms with Crippen molar-refractivity contribution in [3.8, 4) is 0 Å². The van der Waals surface area contributed by atoms with Crippen LogP contribution in [0, 0.1) is 17.8 Å². The number of hydrogen-bond acceptors (Lipinski definition) is 2. The summed E-state index contributed by atoms with van der Waals surface area (Å²) >= 11 is 0. The van der Waals surface area contributed by atoms with Crippen LogP contribution in [0.4, 0.5) is 0 Å². The van der Waals surface area contributed by atoms with Crippen molar-refractivity contribution in [2.24, 2.45) is 17.8 Å².